The molecule has 0 saturated carbocycles. The van der Waals surface area contributed by atoms with E-state index in [0.717, 1.165) is 16.9 Å². The number of hydrogen-bond donors (Lipinski definition) is 1. The Hall–Kier alpha value is -1.46. The van der Waals surface area contributed by atoms with Crippen molar-refractivity contribution in [1.82, 2.24) is 4.98 Å². The van der Waals surface area contributed by atoms with Gasteiger partial charge in [-0.15, -0.1) is 0 Å². The molecule has 0 bridgehead atoms. The second kappa shape index (κ2) is 5.73. The Labute approximate surface area is 130 Å². The highest BCUT2D eigenvalue weighted by atomic mass is 79.9. The summed E-state index contributed by atoms with van der Waals surface area (Å²) >= 11 is 3.27. The summed E-state index contributed by atoms with van der Waals surface area (Å²) in [6.45, 7) is 2.67. The molecule has 3 rings (SSSR count). The van der Waals surface area contributed by atoms with E-state index in [1.54, 1.807) is 12.1 Å². The van der Waals surface area contributed by atoms with Crippen LogP contribution in [0.5, 0.6) is 5.75 Å². The highest BCUT2D eigenvalue weighted by Crippen LogP contribution is 2.41. The molecule has 1 aromatic heterocycles. The molecule has 3 nitrogen and oxygen atoms in total. The predicted molar refractivity (Wildman–Crippen MR) is 82.3 cm³/mol. The van der Waals surface area contributed by atoms with Gasteiger partial charge in [0.1, 0.15) is 23.4 Å². The van der Waals surface area contributed by atoms with E-state index >= 15 is 0 Å². The molecule has 21 heavy (non-hydrogen) atoms. The molecule has 0 radical (unpaired) electrons. The van der Waals surface area contributed by atoms with Crippen molar-refractivity contribution in [3.63, 3.8) is 0 Å². The van der Waals surface area contributed by atoms with Gasteiger partial charge in [-0.1, -0.05) is 22.9 Å². The smallest absolute Gasteiger partial charge is 0.149 e. The maximum atomic E-state index is 13.1. The first-order valence-electron chi connectivity index (χ1n) is 6.77. The lowest BCUT2D eigenvalue weighted by Gasteiger charge is -2.13. The number of ether oxygens (including phenoxy) is 1. The van der Waals surface area contributed by atoms with E-state index in [1.807, 2.05) is 6.07 Å². The summed E-state index contributed by atoms with van der Waals surface area (Å²) in [5.74, 6) is 0.699. The average Bonchev–Trinajstić information content (AvgIpc) is 2.88. The van der Waals surface area contributed by atoms with Gasteiger partial charge < -0.3 is 9.84 Å². The van der Waals surface area contributed by atoms with Crippen molar-refractivity contribution in [3.05, 3.63) is 47.4 Å². The number of fused-ring (bicyclic) bond motifs is 1. The summed E-state index contributed by atoms with van der Waals surface area (Å²) < 4.78 is 18.8. The summed E-state index contributed by atoms with van der Waals surface area (Å²) in [6.07, 6.45) is -0.678. The topological polar surface area (TPSA) is 42.4 Å². The summed E-state index contributed by atoms with van der Waals surface area (Å²) in [5, 5.41) is 10.5. The molecule has 2 aromatic rings. The standard InChI is InChI=1S/C16H15BrFNO2/c1-9-8-21-16-12(9)6-13(14(20)7-17)19-15(16)10-2-4-11(18)5-3-10/h2-6,9,14,20H,7-8H2,1H3. The molecule has 110 valence electrons. The van der Waals surface area contributed by atoms with Crippen LogP contribution in [-0.2, 0) is 0 Å². The Morgan fingerprint density at radius 1 is 1.43 bits per heavy atom. The first-order valence-corrected chi connectivity index (χ1v) is 7.90. The van der Waals surface area contributed by atoms with Crippen LogP contribution in [0.3, 0.4) is 0 Å². The Kier molecular flexibility index (Phi) is 3.95. The first-order chi connectivity index (χ1) is 10.1. The average molecular weight is 352 g/mol. The number of aliphatic hydroxyl groups excluding tert-OH is 1. The third kappa shape index (κ3) is 2.68. The van der Waals surface area contributed by atoms with Crippen molar-refractivity contribution in [2.75, 3.05) is 11.9 Å². The zero-order valence-electron chi connectivity index (χ0n) is 11.5. The van der Waals surface area contributed by atoms with Gasteiger partial charge in [-0.05, 0) is 30.3 Å². The number of halogens is 2. The molecule has 0 amide bonds. The summed E-state index contributed by atoms with van der Waals surface area (Å²) in [6, 6.07) is 8.04. The van der Waals surface area contributed by atoms with Crippen molar-refractivity contribution < 1.29 is 14.2 Å². The third-order valence-electron chi connectivity index (χ3n) is 3.64. The summed E-state index contributed by atoms with van der Waals surface area (Å²) in [5.41, 5.74) is 3.08. The second-order valence-corrected chi connectivity index (χ2v) is 5.85. The van der Waals surface area contributed by atoms with Gasteiger partial charge in [-0.3, -0.25) is 0 Å². The quantitative estimate of drug-likeness (QED) is 0.855. The number of alkyl halides is 1. The SMILES string of the molecule is CC1COc2c1cc(C(O)CBr)nc2-c1ccc(F)cc1. The van der Waals surface area contributed by atoms with E-state index in [0.29, 0.717) is 23.3 Å². The van der Waals surface area contributed by atoms with Crippen LogP contribution in [0.15, 0.2) is 30.3 Å². The van der Waals surface area contributed by atoms with Gasteiger partial charge in [0.25, 0.3) is 0 Å². The number of benzene rings is 1. The van der Waals surface area contributed by atoms with Gasteiger partial charge >= 0.3 is 0 Å². The minimum absolute atomic E-state index is 0.253. The van der Waals surface area contributed by atoms with E-state index < -0.39 is 6.10 Å². The van der Waals surface area contributed by atoms with Crippen molar-refractivity contribution in [3.8, 4) is 17.0 Å². The number of rotatable bonds is 3. The normalized spacial score (nSPS) is 18.2. The van der Waals surface area contributed by atoms with Crippen molar-refractivity contribution in [1.29, 1.82) is 0 Å². The molecule has 2 heterocycles. The maximum Gasteiger partial charge on any atom is 0.149 e. The Bertz CT molecular complexity index is 660. The fraction of sp³-hybridized carbons (Fsp3) is 0.312. The number of pyridine rings is 1. The summed E-state index contributed by atoms with van der Waals surface area (Å²) in [7, 11) is 0. The molecule has 2 unspecified atom stereocenters. The second-order valence-electron chi connectivity index (χ2n) is 5.20. The predicted octanol–water partition coefficient (Wildman–Crippen LogP) is 3.81. The Balaban J connectivity index is 2.16. The molecule has 5 heteroatoms. The van der Waals surface area contributed by atoms with Crippen molar-refractivity contribution >= 4 is 15.9 Å². The number of aromatic nitrogens is 1. The monoisotopic (exact) mass is 351 g/mol. The van der Waals surface area contributed by atoms with Gasteiger partial charge in [-0.2, -0.15) is 0 Å². The van der Waals surface area contributed by atoms with E-state index in [-0.39, 0.29) is 11.7 Å². The van der Waals surface area contributed by atoms with Crippen LogP contribution < -0.4 is 4.74 Å². The van der Waals surface area contributed by atoms with E-state index in [2.05, 4.69) is 27.8 Å². The first kappa shape index (κ1) is 14.5. The molecule has 0 spiro atoms. The summed E-state index contributed by atoms with van der Waals surface area (Å²) in [4.78, 5) is 4.52. The minimum Gasteiger partial charge on any atom is -0.490 e. The molecule has 2 atom stereocenters. The van der Waals surface area contributed by atoms with Crippen LogP contribution in [0.2, 0.25) is 0 Å². The van der Waals surface area contributed by atoms with Crippen molar-refractivity contribution in [2.24, 2.45) is 0 Å². The molecule has 0 saturated heterocycles. The van der Waals surface area contributed by atoms with Crippen LogP contribution in [0.25, 0.3) is 11.3 Å². The zero-order chi connectivity index (χ0) is 15.0. The molecule has 0 aliphatic carbocycles. The highest BCUT2D eigenvalue weighted by Gasteiger charge is 2.27. The van der Waals surface area contributed by atoms with Crippen LogP contribution in [-0.4, -0.2) is 22.0 Å². The van der Waals surface area contributed by atoms with Crippen LogP contribution in [0.1, 0.15) is 30.2 Å². The molecule has 0 fully saturated rings. The molecule has 1 aliphatic heterocycles. The van der Waals surface area contributed by atoms with Crippen LogP contribution >= 0.6 is 15.9 Å². The van der Waals surface area contributed by atoms with E-state index in [9.17, 15) is 9.50 Å². The van der Waals surface area contributed by atoms with E-state index in [1.165, 1.54) is 12.1 Å². The fourth-order valence-electron chi connectivity index (χ4n) is 2.44. The van der Waals surface area contributed by atoms with Crippen LogP contribution in [0, 0.1) is 5.82 Å². The van der Waals surface area contributed by atoms with Gasteiger partial charge in [0.2, 0.25) is 0 Å². The number of nitrogens with zero attached hydrogens (tertiary/aromatic N) is 1. The molecular weight excluding hydrogens is 337 g/mol. The van der Waals surface area contributed by atoms with Crippen LogP contribution in [0.4, 0.5) is 4.39 Å². The number of aliphatic hydroxyl groups is 1. The number of hydrogen-bond acceptors (Lipinski definition) is 3. The van der Waals surface area contributed by atoms with Gasteiger partial charge in [0, 0.05) is 22.4 Å². The molecule has 1 aliphatic rings. The van der Waals surface area contributed by atoms with Gasteiger partial charge in [0.05, 0.1) is 12.3 Å². The van der Waals surface area contributed by atoms with Crippen molar-refractivity contribution in [2.45, 2.75) is 18.9 Å². The lowest BCUT2D eigenvalue weighted by molar-refractivity contribution is 0.200. The zero-order valence-corrected chi connectivity index (χ0v) is 13.1. The van der Waals surface area contributed by atoms with Gasteiger partial charge in [-0.25, -0.2) is 9.37 Å². The molecule has 1 N–H and O–H groups in total. The fourth-order valence-corrected chi connectivity index (χ4v) is 2.77. The Morgan fingerprint density at radius 2 is 2.14 bits per heavy atom. The third-order valence-corrected chi connectivity index (χ3v) is 4.25. The lowest BCUT2D eigenvalue weighted by Crippen LogP contribution is -2.04. The van der Waals surface area contributed by atoms with E-state index in [4.69, 9.17) is 4.74 Å². The lowest BCUT2D eigenvalue weighted by atomic mass is 9.99. The molecular formula is C16H15BrFNO2. The Morgan fingerprint density at radius 3 is 2.81 bits per heavy atom. The maximum absolute atomic E-state index is 13.1. The minimum atomic E-state index is -0.678. The molecule has 1 aromatic carbocycles. The highest BCUT2D eigenvalue weighted by molar-refractivity contribution is 9.09. The van der Waals surface area contributed by atoms with Gasteiger partial charge in [0.15, 0.2) is 0 Å². The largest absolute Gasteiger partial charge is 0.490 e.